The summed E-state index contributed by atoms with van der Waals surface area (Å²) in [6, 6.07) is 2.18. The Kier molecular flexibility index (Phi) is 8.61. The minimum Gasteiger partial charge on any atom is -0.494 e. The van der Waals surface area contributed by atoms with Crippen molar-refractivity contribution in [2.24, 2.45) is 10.7 Å². The summed E-state index contributed by atoms with van der Waals surface area (Å²) in [5.41, 5.74) is 5.35. The average Bonchev–Trinajstić information content (AvgIpc) is 2.75. The normalized spacial score (nSPS) is 11.5. The van der Waals surface area contributed by atoms with E-state index in [2.05, 4.69) is 25.6 Å². The number of aromatic nitrogens is 2. The molecule has 12 heteroatoms. The number of nitrogens with zero attached hydrogens (tertiary/aromatic N) is 3. The minimum absolute atomic E-state index is 0.0743. The summed E-state index contributed by atoms with van der Waals surface area (Å²) in [6.45, 7) is 1.28. The number of halogens is 3. The molecule has 2 aromatic rings. The molecule has 0 saturated heterocycles. The maximum Gasteiger partial charge on any atom is 0.327 e. The third-order valence-electron chi connectivity index (χ3n) is 3.74. The van der Waals surface area contributed by atoms with Crippen LogP contribution in [0.5, 0.6) is 5.75 Å². The summed E-state index contributed by atoms with van der Waals surface area (Å²) in [7, 11) is 1.24. The number of hydrogen-bond acceptors (Lipinski definition) is 9. The zero-order valence-electron chi connectivity index (χ0n) is 16.8. The van der Waals surface area contributed by atoms with E-state index >= 15 is 0 Å². The zero-order chi connectivity index (χ0) is 22.8. The van der Waals surface area contributed by atoms with E-state index in [4.69, 9.17) is 15.2 Å². The van der Waals surface area contributed by atoms with Crippen molar-refractivity contribution in [3.63, 3.8) is 0 Å². The lowest BCUT2D eigenvalue weighted by molar-refractivity contribution is -0.141. The smallest absolute Gasteiger partial charge is 0.327 e. The molecule has 0 aliphatic rings. The predicted molar refractivity (Wildman–Crippen MR) is 108 cm³/mol. The van der Waals surface area contributed by atoms with Gasteiger partial charge in [0.2, 0.25) is 5.95 Å². The first-order valence-corrected chi connectivity index (χ1v) is 9.01. The third-order valence-corrected chi connectivity index (χ3v) is 3.74. The lowest BCUT2D eigenvalue weighted by Crippen LogP contribution is -2.12. The van der Waals surface area contributed by atoms with E-state index in [9.17, 15) is 18.0 Å². The van der Waals surface area contributed by atoms with Crippen LogP contribution in [0.3, 0.4) is 0 Å². The summed E-state index contributed by atoms with van der Waals surface area (Å²) in [4.78, 5) is 22.8. The fourth-order valence-corrected chi connectivity index (χ4v) is 2.29. The number of anilines is 2. The van der Waals surface area contributed by atoms with Gasteiger partial charge in [-0.05, 0) is 19.1 Å². The Morgan fingerprint density at radius 2 is 2.06 bits per heavy atom. The number of esters is 1. The third kappa shape index (κ3) is 6.59. The lowest BCUT2D eigenvalue weighted by atomic mass is 10.2. The van der Waals surface area contributed by atoms with Crippen molar-refractivity contribution < 1.29 is 27.4 Å². The predicted octanol–water partition coefficient (Wildman–Crippen LogP) is 2.36. The van der Waals surface area contributed by atoms with Gasteiger partial charge in [-0.15, -0.1) is 0 Å². The maximum atomic E-state index is 14.2. The molecule has 0 aliphatic carbocycles. The molecule has 1 aromatic carbocycles. The molecule has 0 fully saturated rings. The maximum absolute atomic E-state index is 14.2. The monoisotopic (exact) mass is 438 g/mol. The molecule has 0 spiro atoms. The topological polar surface area (TPSA) is 124 Å². The van der Waals surface area contributed by atoms with E-state index in [1.54, 1.807) is 6.92 Å². The highest BCUT2D eigenvalue weighted by Crippen LogP contribution is 2.24. The Morgan fingerprint density at radius 1 is 1.29 bits per heavy atom. The molecule has 0 aliphatic heterocycles. The molecule has 1 aromatic heterocycles. The molecule has 4 N–H and O–H groups in total. The highest BCUT2D eigenvalue weighted by Gasteiger charge is 2.15. The van der Waals surface area contributed by atoms with Crippen LogP contribution < -0.4 is 21.1 Å². The van der Waals surface area contributed by atoms with E-state index in [0.717, 1.165) is 24.5 Å². The van der Waals surface area contributed by atoms with Crippen molar-refractivity contribution in [2.75, 3.05) is 30.9 Å². The first-order chi connectivity index (χ1) is 14.9. The van der Waals surface area contributed by atoms with Crippen LogP contribution in [-0.2, 0) is 16.1 Å². The fourth-order valence-electron chi connectivity index (χ4n) is 2.29. The Hall–Kier alpha value is -3.83. The molecule has 0 radical (unpaired) electrons. The number of methoxy groups -OCH3 is 1. The van der Waals surface area contributed by atoms with Crippen molar-refractivity contribution >= 4 is 24.0 Å². The molecule has 0 atom stereocenters. The van der Waals surface area contributed by atoms with Crippen LogP contribution in [0, 0.1) is 17.5 Å². The fraction of sp³-hybridized carbons (Fsp3) is 0.263. The number of carbonyl (C=O) groups excluding carboxylic acids is 1. The highest BCUT2D eigenvalue weighted by molar-refractivity contribution is 5.84. The van der Waals surface area contributed by atoms with Gasteiger partial charge in [-0.3, -0.25) is 9.79 Å². The summed E-state index contributed by atoms with van der Waals surface area (Å²) in [6.07, 6.45) is 3.24. The summed E-state index contributed by atoms with van der Waals surface area (Å²) >= 11 is 0. The van der Waals surface area contributed by atoms with Gasteiger partial charge in [-0.1, -0.05) is 0 Å². The van der Waals surface area contributed by atoms with Crippen LogP contribution in [0.1, 0.15) is 12.5 Å². The highest BCUT2D eigenvalue weighted by atomic mass is 19.1. The zero-order valence-corrected chi connectivity index (χ0v) is 16.8. The summed E-state index contributed by atoms with van der Waals surface area (Å²) < 4.78 is 51.8. The van der Waals surface area contributed by atoms with Crippen molar-refractivity contribution in [1.29, 1.82) is 0 Å². The largest absolute Gasteiger partial charge is 0.494 e. The van der Waals surface area contributed by atoms with Gasteiger partial charge in [0, 0.05) is 24.5 Å². The molecule has 0 bridgehead atoms. The molecule has 0 unspecified atom stereocenters. The molecule has 0 saturated carbocycles. The summed E-state index contributed by atoms with van der Waals surface area (Å²) in [5.74, 6) is -3.63. The van der Waals surface area contributed by atoms with Gasteiger partial charge in [0.15, 0.2) is 23.2 Å². The number of hydrogen-bond donors (Lipinski definition) is 3. The van der Waals surface area contributed by atoms with Crippen LogP contribution in [0.2, 0.25) is 0 Å². The van der Waals surface area contributed by atoms with E-state index in [1.165, 1.54) is 13.3 Å². The van der Waals surface area contributed by atoms with Crippen molar-refractivity contribution in [3.8, 4) is 5.75 Å². The molecule has 2 rings (SSSR count). The molecule has 1 heterocycles. The number of ether oxygens (including phenoxy) is 2. The average molecular weight is 438 g/mol. The first-order valence-electron chi connectivity index (χ1n) is 9.01. The van der Waals surface area contributed by atoms with Crippen molar-refractivity contribution in [1.82, 2.24) is 9.97 Å². The number of allylic oxidation sites excluding steroid dienone is 1. The standard InChI is InChI=1S/C19H21F3N6O3/c1-3-31-16(29)10-24-7-11(6-23)27-19-26-9-14(21)18(28-19)25-8-12-13(20)4-5-15(30-2)17(12)22/h4-7,9H,3,8,10,23H2,1-2H3,(H2,25,26,27,28). The van der Waals surface area contributed by atoms with Crippen LogP contribution in [0.4, 0.5) is 24.9 Å². The van der Waals surface area contributed by atoms with Crippen LogP contribution >= 0.6 is 0 Å². The van der Waals surface area contributed by atoms with Crippen LogP contribution in [0.25, 0.3) is 0 Å². The Bertz CT molecular complexity index is 985. The second kappa shape index (κ2) is 11.4. The van der Waals surface area contributed by atoms with Crippen molar-refractivity contribution in [3.05, 3.63) is 53.2 Å². The number of benzene rings is 1. The number of carbonyl (C=O) groups is 1. The number of nitrogens with one attached hydrogen (secondary N) is 2. The minimum atomic E-state index is -0.908. The van der Waals surface area contributed by atoms with Gasteiger partial charge in [0.25, 0.3) is 0 Å². The van der Waals surface area contributed by atoms with Crippen molar-refractivity contribution in [2.45, 2.75) is 13.5 Å². The van der Waals surface area contributed by atoms with Crippen LogP contribution in [-0.4, -0.2) is 42.4 Å². The van der Waals surface area contributed by atoms with Crippen LogP contribution in [0.15, 0.2) is 35.2 Å². The van der Waals surface area contributed by atoms with Gasteiger partial charge in [0.1, 0.15) is 12.4 Å². The second-order valence-corrected chi connectivity index (χ2v) is 5.81. The van der Waals surface area contributed by atoms with Gasteiger partial charge in [-0.25, -0.2) is 18.2 Å². The van der Waals surface area contributed by atoms with E-state index in [-0.39, 0.29) is 41.9 Å². The van der Waals surface area contributed by atoms with Gasteiger partial charge in [0.05, 0.1) is 25.6 Å². The molecular weight excluding hydrogens is 417 g/mol. The SMILES string of the molecule is CCOC(=O)CN=CC(=CN)Nc1ncc(F)c(NCc2c(F)ccc(OC)c2F)n1. The molecular formula is C19H21F3N6O3. The number of nitrogens with two attached hydrogens (primary N) is 1. The van der Waals surface area contributed by atoms with E-state index < -0.39 is 30.0 Å². The van der Waals surface area contributed by atoms with Gasteiger partial charge in [-0.2, -0.15) is 4.98 Å². The van der Waals surface area contributed by atoms with E-state index in [0.29, 0.717) is 0 Å². The number of rotatable bonds is 10. The lowest BCUT2D eigenvalue weighted by Gasteiger charge is -2.12. The van der Waals surface area contributed by atoms with Gasteiger partial charge >= 0.3 is 5.97 Å². The Morgan fingerprint density at radius 3 is 2.74 bits per heavy atom. The number of aliphatic imine (C=N–C) groups is 1. The van der Waals surface area contributed by atoms with Gasteiger partial charge < -0.3 is 25.8 Å². The van der Waals surface area contributed by atoms with E-state index in [1.807, 2.05) is 0 Å². The molecule has 31 heavy (non-hydrogen) atoms. The summed E-state index contributed by atoms with van der Waals surface area (Å²) in [5, 5.41) is 5.20. The molecule has 0 amide bonds. The quantitative estimate of drug-likeness (QED) is 0.382. The molecule has 166 valence electrons. The Balaban J connectivity index is 2.10. The molecule has 9 nitrogen and oxygen atoms in total. The Labute approximate surface area is 176 Å². The second-order valence-electron chi connectivity index (χ2n) is 5.81. The first kappa shape index (κ1) is 23.4.